The monoisotopic (exact) mass is 473 g/mol. The van der Waals surface area contributed by atoms with Gasteiger partial charge in [-0.3, -0.25) is 0 Å². The van der Waals surface area contributed by atoms with Gasteiger partial charge in [0.1, 0.15) is 23.4 Å². The highest BCUT2D eigenvalue weighted by molar-refractivity contribution is 5.94. The highest BCUT2D eigenvalue weighted by Crippen LogP contribution is 2.31. The SMILES string of the molecule is CCc1nc(C)nc(N(Cc2ccc(-c3ccccc3-c3nn[nH]n3)cc2)C(C)OC)c1C(=O)O. The van der Waals surface area contributed by atoms with E-state index in [0.717, 1.165) is 22.3 Å². The fourth-order valence-electron chi connectivity index (χ4n) is 3.99. The summed E-state index contributed by atoms with van der Waals surface area (Å²) in [6.07, 6.45) is 0.0764. The highest BCUT2D eigenvalue weighted by Gasteiger charge is 2.26. The molecule has 4 rings (SSSR count). The maximum Gasteiger partial charge on any atom is 0.341 e. The quantitative estimate of drug-likeness (QED) is 0.348. The zero-order chi connectivity index (χ0) is 24.9. The summed E-state index contributed by atoms with van der Waals surface area (Å²) in [7, 11) is 1.59. The van der Waals surface area contributed by atoms with Gasteiger partial charge in [0.25, 0.3) is 0 Å². The Morgan fingerprint density at radius 1 is 1.11 bits per heavy atom. The lowest BCUT2D eigenvalue weighted by molar-refractivity contribution is 0.0693. The summed E-state index contributed by atoms with van der Waals surface area (Å²) in [6, 6.07) is 15.9. The molecule has 0 saturated carbocycles. The third-order valence-electron chi connectivity index (χ3n) is 5.81. The minimum atomic E-state index is -1.06. The number of tetrazole rings is 1. The molecule has 2 heterocycles. The van der Waals surface area contributed by atoms with E-state index in [9.17, 15) is 9.90 Å². The van der Waals surface area contributed by atoms with Crippen LogP contribution in [0.3, 0.4) is 0 Å². The number of aromatic amines is 1. The van der Waals surface area contributed by atoms with Gasteiger partial charge >= 0.3 is 5.97 Å². The number of rotatable bonds is 9. The zero-order valence-corrected chi connectivity index (χ0v) is 20.1. The molecule has 0 saturated heterocycles. The molecule has 0 spiro atoms. The number of carboxylic acids is 1. The van der Waals surface area contributed by atoms with Gasteiger partial charge in [-0.1, -0.05) is 55.5 Å². The molecule has 0 aliphatic carbocycles. The number of methoxy groups -OCH3 is 1. The van der Waals surface area contributed by atoms with E-state index in [0.29, 0.717) is 36.1 Å². The lowest BCUT2D eigenvalue weighted by Gasteiger charge is -2.31. The van der Waals surface area contributed by atoms with E-state index < -0.39 is 12.2 Å². The number of aryl methyl sites for hydroxylation is 2. The van der Waals surface area contributed by atoms with Crippen LogP contribution in [0.1, 0.15) is 41.3 Å². The van der Waals surface area contributed by atoms with Gasteiger partial charge in [-0.25, -0.2) is 14.8 Å². The van der Waals surface area contributed by atoms with Crippen LogP contribution in [0, 0.1) is 6.92 Å². The minimum absolute atomic E-state index is 0.104. The number of aromatic carboxylic acids is 1. The number of ether oxygens (including phenoxy) is 1. The van der Waals surface area contributed by atoms with E-state index in [1.165, 1.54) is 0 Å². The van der Waals surface area contributed by atoms with Crippen LogP contribution in [0.15, 0.2) is 48.5 Å². The molecule has 0 amide bonds. The molecule has 1 unspecified atom stereocenters. The Bertz CT molecular complexity index is 1310. The summed E-state index contributed by atoms with van der Waals surface area (Å²) in [4.78, 5) is 22.8. The second-order valence-corrected chi connectivity index (χ2v) is 8.02. The van der Waals surface area contributed by atoms with Crippen molar-refractivity contribution in [1.82, 2.24) is 30.6 Å². The maximum absolute atomic E-state index is 12.1. The molecule has 180 valence electrons. The van der Waals surface area contributed by atoms with Gasteiger partial charge in [-0.2, -0.15) is 5.21 Å². The largest absolute Gasteiger partial charge is 0.477 e. The first kappa shape index (κ1) is 24.0. The standard InChI is InChI=1S/C25H27N7O3/c1-5-21-22(25(33)34)24(27-15(2)26-21)32(16(3)35-4)14-17-10-12-18(13-11-17)19-8-6-7-9-20(19)23-28-30-31-29-23/h6-13,16H,5,14H2,1-4H3,(H,33,34)(H,28,29,30,31). The van der Waals surface area contributed by atoms with Crippen LogP contribution in [-0.4, -0.2) is 55.0 Å². The molecule has 0 fully saturated rings. The zero-order valence-electron chi connectivity index (χ0n) is 20.1. The number of benzene rings is 2. The van der Waals surface area contributed by atoms with Crippen LogP contribution in [0.25, 0.3) is 22.5 Å². The van der Waals surface area contributed by atoms with E-state index in [2.05, 4.69) is 30.6 Å². The Labute approximate surface area is 203 Å². The summed E-state index contributed by atoms with van der Waals surface area (Å²) >= 11 is 0. The summed E-state index contributed by atoms with van der Waals surface area (Å²) in [5.41, 5.74) is 4.43. The molecule has 35 heavy (non-hydrogen) atoms. The van der Waals surface area contributed by atoms with Gasteiger partial charge in [0.05, 0.1) is 5.69 Å². The van der Waals surface area contributed by atoms with Gasteiger partial charge in [0, 0.05) is 19.2 Å². The van der Waals surface area contributed by atoms with Gasteiger partial charge in [-0.05, 0) is 42.2 Å². The average molecular weight is 474 g/mol. The molecular weight excluding hydrogens is 446 g/mol. The second kappa shape index (κ2) is 10.4. The lowest BCUT2D eigenvalue weighted by Crippen LogP contribution is -2.36. The molecule has 1 atom stereocenters. The summed E-state index contributed by atoms with van der Waals surface area (Å²) < 4.78 is 5.59. The van der Waals surface area contributed by atoms with E-state index >= 15 is 0 Å². The highest BCUT2D eigenvalue weighted by atomic mass is 16.5. The van der Waals surface area contributed by atoms with E-state index in [1.54, 1.807) is 14.0 Å². The first-order valence-corrected chi connectivity index (χ1v) is 11.2. The number of anilines is 1. The average Bonchev–Trinajstić information content (AvgIpc) is 3.41. The van der Waals surface area contributed by atoms with Gasteiger partial charge in [0.15, 0.2) is 0 Å². The van der Waals surface area contributed by atoms with Crippen LogP contribution in [0.5, 0.6) is 0 Å². The lowest BCUT2D eigenvalue weighted by atomic mass is 9.98. The Hall–Kier alpha value is -4.18. The number of aromatic nitrogens is 6. The minimum Gasteiger partial charge on any atom is -0.477 e. The van der Waals surface area contributed by atoms with Gasteiger partial charge in [0.2, 0.25) is 5.82 Å². The molecule has 0 bridgehead atoms. The smallest absolute Gasteiger partial charge is 0.341 e. The van der Waals surface area contributed by atoms with Crippen molar-refractivity contribution in [2.24, 2.45) is 0 Å². The number of hydrogen-bond acceptors (Lipinski definition) is 8. The number of H-pyrrole nitrogens is 1. The van der Waals surface area contributed by atoms with Crippen molar-refractivity contribution in [3.05, 3.63) is 71.2 Å². The number of hydrogen-bond donors (Lipinski definition) is 2. The Kier molecular flexibility index (Phi) is 7.11. The molecule has 2 N–H and O–H groups in total. The first-order chi connectivity index (χ1) is 16.9. The summed E-state index contributed by atoms with van der Waals surface area (Å²) in [5.74, 6) is 0.335. The normalized spacial score (nSPS) is 11.9. The molecule has 0 radical (unpaired) electrons. The number of nitrogens with one attached hydrogen (secondary N) is 1. The Morgan fingerprint density at radius 3 is 2.43 bits per heavy atom. The van der Waals surface area contributed by atoms with Gasteiger partial charge in [-0.15, -0.1) is 10.2 Å². The van der Waals surface area contributed by atoms with Crippen LogP contribution in [0.2, 0.25) is 0 Å². The van der Waals surface area contributed by atoms with Crippen LogP contribution in [0.4, 0.5) is 5.82 Å². The molecule has 0 aliphatic rings. The van der Waals surface area contributed by atoms with Crippen LogP contribution in [-0.2, 0) is 17.7 Å². The number of nitrogens with zero attached hydrogens (tertiary/aromatic N) is 6. The molecule has 2 aromatic heterocycles. The third-order valence-corrected chi connectivity index (χ3v) is 5.81. The van der Waals surface area contributed by atoms with E-state index in [4.69, 9.17) is 4.74 Å². The maximum atomic E-state index is 12.1. The van der Waals surface area contributed by atoms with Crippen molar-refractivity contribution >= 4 is 11.8 Å². The van der Waals surface area contributed by atoms with Crippen LogP contribution >= 0.6 is 0 Å². The summed E-state index contributed by atoms with van der Waals surface area (Å²) in [5, 5.41) is 24.3. The molecule has 10 heteroatoms. The summed E-state index contributed by atoms with van der Waals surface area (Å²) in [6.45, 7) is 5.92. The van der Waals surface area contributed by atoms with Crippen molar-refractivity contribution in [3.8, 4) is 22.5 Å². The predicted octanol–water partition coefficient (Wildman–Crippen LogP) is 3.89. The Balaban J connectivity index is 1.69. The van der Waals surface area contributed by atoms with E-state index in [1.807, 2.05) is 67.3 Å². The van der Waals surface area contributed by atoms with Crippen molar-refractivity contribution in [3.63, 3.8) is 0 Å². The third kappa shape index (κ3) is 5.02. The van der Waals surface area contributed by atoms with Gasteiger partial charge < -0.3 is 14.7 Å². The van der Waals surface area contributed by atoms with Crippen molar-refractivity contribution in [2.45, 2.75) is 40.0 Å². The fourth-order valence-corrected chi connectivity index (χ4v) is 3.99. The van der Waals surface area contributed by atoms with E-state index in [-0.39, 0.29) is 5.56 Å². The molecule has 0 aliphatic heterocycles. The predicted molar refractivity (Wildman–Crippen MR) is 131 cm³/mol. The van der Waals surface area contributed by atoms with Crippen LogP contribution < -0.4 is 4.90 Å². The van der Waals surface area contributed by atoms with Crippen molar-refractivity contribution < 1.29 is 14.6 Å². The first-order valence-electron chi connectivity index (χ1n) is 11.2. The Morgan fingerprint density at radius 2 is 1.83 bits per heavy atom. The molecule has 4 aromatic rings. The number of carbonyl (C=O) groups is 1. The van der Waals surface area contributed by atoms with Crippen molar-refractivity contribution in [2.75, 3.05) is 12.0 Å². The topological polar surface area (TPSA) is 130 Å². The fraction of sp³-hybridized carbons (Fsp3) is 0.280. The second-order valence-electron chi connectivity index (χ2n) is 8.02. The molecule has 10 nitrogen and oxygen atoms in total. The molecule has 2 aromatic carbocycles. The number of carboxylic acid groups (broad SMARTS) is 1. The molecular formula is C25H27N7O3. The van der Waals surface area contributed by atoms with Crippen molar-refractivity contribution in [1.29, 1.82) is 0 Å².